The van der Waals surface area contributed by atoms with Crippen LogP contribution in [0.3, 0.4) is 0 Å². The van der Waals surface area contributed by atoms with Crippen LogP contribution in [0.15, 0.2) is 48.8 Å². The van der Waals surface area contributed by atoms with Gasteiger partial charge in [0.2, 0.25) is 5.88 Å². The number of fused-ring (bicyclic) bond motifs is 1. The first-order valence-corrected chi connectivity index (χ1v) is 9.53. The molecular weight excluding hydrogens is 383 g/mol. The molecule has 0 amide bonds. The number of rotatable bonds is 4. The van der Waals surface area contributed by atoms with Crippen LogP contribution in [0.4, 0.5) is 5.69 Å². The lowest BCUT2D eigenvalue weighted by Gasteiger charge is -2.36. The molecule has 0 spiro atoms. The van der Waals surface area contributed by atoms with Gasteiger partial charge in [-0.15, -0.1) is 10.2 Å². The van der Waals surface area contributed by atoms with Gasteiger partial charge in [-0.2, -0.15) is 0 Å². The molecule has 7 heteroatoms. The summed E-state index contributed by atoms with van der Waals surface area (Å²) in [4.78, 5) is 6.34. The lowest BCUT2D eigenvalue weighted by atomic mass is 10.0. The molecule has 1 unspecified atom stereocenters. The van der Waals surface area contributed by atoms with Gasteiger partial charge in [0, 0.05) is 28.9 Å². The van der Waals surface area contributed by atoms with Crippen molar-refractivity contribution in [1.29, 1.82) is 0 Å². The molecule has 1 aliphatic heterocycles. The van der Waals surface area contributed by atoms with Gasteiger partial charge >= 0.3 is 0 Å². The second kappa shape index (κ2) is 7.71. The van der Waals surface area contributed by atoms with Crippen LogP contribution in [0.1, 0.15) is 30.6 Å². The molecule has 0 fully saturated rings. The largest absolute Gasteiger partial charge is 0.436 e. The van der Waals surface area contributed by atoms with Crippen molar-refractivity contribution in [2.45, 2.75) is 25.8 Å². The first kappa shape index (κ1) is 18.0. The molecule has 138 valence electrons. The fourth-order valence-electron chi connectivity index (χ4n) is 3.34. The van der Waals surface area contributed by atoms with Crippen LogP contribution in [0.2, 0.25) is 10.0 Å². The van der Waals surface area contributed by atoms with Crippen LogP contribution in [0, 0.1) is 0 Å². The second-order valence-corrected chi connectivity index (χ2v) is 7.29. The van der Waals surface area contributed by atoms with Crippen molar-refractivity contribution in [3.8, 4) is 11.6 Å². The number of ether oxygens (including phenoxy) is 1. The number of benzene rings is 1. The molecular formula is C20H18Cl2N4O. The third-order valence-electron chi connectivity index (χ3n) is 4.68. The molecule has 0 saturated heterocycles. The molecule has 5 nitrogen and oxygen atoms in total. The summed E-state index contributed by atoms with van der Waals surface area (Å²) in [5.74, 6) is 1.07. The molecule has 4 rings (SSSR count). The van der Waals surface area contributed by atoms with Crippen molar-refractivity contribution in [3.05, 3.63) is 70.1 Å². The second-order valence-electron chi connectivity index (χ2n) is 6.44. The van der Waals surface area contributed by atoms with Gasteiger partial charge in [-0.3, -0.25) is 4.98 Å². The van der Waals surface area contributed by atoms with Gasteiger partial charge in [0.15, 0.2) is 0 Å². The van der Waals surface area contributed by atoms with Gasteiger partial charge in [-0.25, -0.2) is 0 Å². The Labute approximate surface area is 167 Å². The minimum atomic E-state index is 0.0469. The standard InChI is InChI=1S/C20H18Cl2N4O/c1-13(16-10-14(21)6-7-17(16)22)26-9-3-5-18-19(26)11-20(25-24-18)27-15-4-2-8-23-12-15/h2,4,6-8,10-13H,3,5,9H2,1H3. The highest BCUT2D eigenvalue weighted by molar-refractivity contribution is 6.33. The Hall–Kier alpha value is -2.37. The summed E-state index contributed by atoms with van der Waals surface area (Å²) >= 11 is 12.6. The van der Waals surface area contributed by atoms with E-state index in [4.69, 9.17) is 27.9 Å². The Morgan fingerprint density at radius 1 is 1.15 bits per heavy atom. The van der Waals surface area contributed by atoms with E-state index >= 15 is 0 Å². The lowest BCUT2D eigenvalue weighted by molar-refractivity contribution is 0.449. The van der Waals surface area contributed by atoms with E-state index in [1.165, 1.54) is 0 Å². The van der Waals surface area contributed by atoms with E-state index in [1.807, 2.05) is 30.3 Å². The van der Waals surface area contributed by atoms with Gasteiger partial charge < -0.3 is 9.64 Å². The zero-order chi connectivity index (χ0) is 18.8. The average Bonchev–Trinajstić information content (AvgIpc) is 2.69. The Kier molecular flexibility index (Phi) is 5.14. The Bertz CT molecular complexity index is 952. The molecule has 0 bridgehead atoms. The molecule has 3 aromatic rings. The van der Waals surface area contributed by atoms with Crippen LogP contribution in [-0.4, -0.2) is 21.7 Å². The van der Waals surface area contributed by atoms with Gasteiger partial charge in [-0.1, -0.05) is 23.2 Å². The van der Waals surface area contributed by atoms with Crippen LogP contribution in [0.5, 0.6) is 11.6 Å². The van der Waals surface area contributed by atoms with E-state index in [-0.39, 0.29) is 6.04 Å². The predicted molar refractivity (Wildman–Crippen MR) is 107 cm³/mol. The fraction of sp³-hybridized carbons (Fsp3) is 0.250. The fourth-order valence-corrected chi connectivity index (χ4v) is 3.79. The van der Waals surface area contributed by atoms with Gasteiger partial charge in [0.05, 0.1) is 23.6 Å². The first-order valence-electron chi connectivity index (χ1n) is 8.78. The monoisotopic (exact) mass is 400 g/mol. The predicted octanol–water partition coefficient (Wildman–Crippen LogP) is 5.48. The van der Waals surface area contributed by atoms with Gasteiger partial charge in [-0.05, 0) is 55.7 Å². The highest BCUT2D eigenvalue weighted by atomic mass is 35.5. The summed E-state index contributed by atoms with van der Waals surface area (Å²) in [6.45, 7) is 3.02. The summed E-state index contributed by atoms with van der Waals surface area (Å²) in [5, 5.41) is 9.97. The number of pyridine rings is 1. The zero-order valence-electron chi connectivity index (χ0n) is 14.8. The van der Waals surface area contributed by atoms with Crippen molar-refractivity contribution < 1.29 is 4.74 Å². The summed E-state index contributed by atoms with van der Waals surface area (Å²) in [5.41, 5.74) is 2.96. The molecule has 1 aliphatic rings. The van der Waals surface area contributed by atoms with Gasteiger partial charge in [0.25, 0.3) is 0 Å². The maximum atomic E-state index is 6.43. The zero-order valence-corrected chi connectivity index (χ0v) is 16.3. The molecule has 27 heavy (non-hydrogen) atoms. The third kappa shape index (κ3) is 3.84. The molecule has 3 heterocycles. The van der Waals surface area contributed by atoms with E-state index in [9.17, 15) is 0 Å². The quantitative estimate of drug-likeness (QED) is 0.579. The van der Waals surface area contributed by atoms with Crippen molar-refractivity contribution >= 4 is 28.9 Å². The normalized spacial score (nSPS) is 14.6. The highest BCUT2D eigenvalue weighted by Crippen LogP contribution is 2.37. The van der Waals surface area contributed by atoms with E-state index in [2.05, 4.69) is 27.0 Å². The third-order valence-corrected chi connectivity index (χ3v) is 5.26. The lowest BCUT2D eigenvalue weighted by Crippen LogP contribution is -2.33. The van der Waals surface area contributed by atoms with Crippen LogP contribution in [0.25, 0.3) is 0 Å². The number of halogens is 2. The molecule has 0 radical (unpaired) electrons. The minimum absolute atomic E-state index is 0.0469. The summed E-state index contributed by atoms with van der Waals surface area (Å²) in [6.07, 6.45) is 5.24. The number of anilines is 1. The molecule has 2 aromatic heterocycles. The first-order chi connectivity index (χ1) is 13.1. The smallest absolute Gasteiger partial charge is 0.240 e. The van der Waals surface area contributed by atoms with E-state index in [0.29, 0.717) is 21.7 Å². The maximum absolute atomic E-state index is 6.43. The number of nitrogens with zero attached hydrogens (tertiary/aromatic N) is 4. The highest BCUT2D eigenvalue weighted by Gasteiger charge is 2.26. The Morgan fingerprint density at radius 3 is 2.85 bits per heavy atom. The van der Waals surface area contributed by atoms with Crippen LogP contribution < -0.4 is 9.64 Å². The SMILES string of the molecule is CC(c1cc(Cl)ccc1Cl)N1CCCc2nnc(Oc3cccnc3)cc21. The van der Waals surface area contributed by atoms with E-state index < -0.39 is 0 Å². The number of aromatic nitrogens is 3. The van der Waals surface area contributed by atoms with Crippen molar-refractivity contribution in [3.63, 3.8) is 0 Å². The number of hydrogen-bond acceptors (Lipinski definition) is 5. The van der Waals surface area contributed by atoms with Crippen LogP contribution >= 0.6 is 23.2 Å². The maximum Gasteiger partial charge on any atom is 0.240 e. The molecule has 0 aliphatic carbocycles. The summed E-state index contributed by atoms with van der Waals surface area (Å²) < 4.78 is 5.81. The van der Waals surface area contributed by atoms with E-state index in [0.717, 1.165) is 36.3 Å². The van der Waals surface area contributed by atoms with Crippen molar-refractivity contribution in [1.82, 2.24) is 15.2 Å². The summed E-state index contributed by atoms with van der Waals surface area (Å²) in [7, 11) is 0. The molecule has 1 aromatic carbocycles. The average molecular weight is 401 g/mol. The topological polar surface area (TPSA) is 51.1 Å². The van der Waals surface area contributed by atoms with Crippen molar-refractivity contribution in [2.75, 3.05) is 11.4 Å². The Balaban J connectivity index is 1.67. The number of hydrogen-bond donors (Lipinski definition) is 0. The molecule has 1 atom stereocenters. The molecule has 0 saturated carbocycles. The molecule has 0 N–H and O–H groups in total. The van der Waals surface area contributed by atoms with Crippen LogP contribution in [-0.2, 0) is 6.42 Å². The Morgan fingerprint density at radius 2 is 2.04 bits per heavy atom. The number of aryl methyl sites for hydroxylation is 1. The summed E-state index contributed by atoms with van der Waals surface area (Å²) in [6, 6.07) is 11.2. The van der Waals surface area contributed by atoms with Crippen molar-refractivity contribution in [2.24, 2.45) is 0 Å². The minimum Gasteiger partial charge on any atom is -0.436 e. The van der Waals surface area contributed by atoms with E-state index in [1.54, 1.807) is 18.5 Å². The van der Waals surface area contributed by atoms with Gasteiger partial charge in [0.1, 0.15) is 5.75 Å².